The fraction of sp³-hybridized carbons (Fsp3) is 0. The smallest absolute Gasteiger partial charge is 0 e. The van der Waals surface area contributed by atoms with Crippen LogP contribution < -0.4 is 0 Å². The first-order valence-electron chi connectivity index (χ1n) is 0. The average Bonchev–Trinajstić information content (AvgIpc) is 0. The van der Waals surface area contributed by atoms with Crippen molar-refractivity contribution in [3.8, 4) is 0 Å². The predicted octanol–water partition coefficient (Wildman–Crippen LogP) is -0.403. The van der Waals surface area contributed by atoms with Crippen molar-refractivity contribution in [1.29, 1.82) is 0 Å². The Kier molecular flexibility index (Phi) is 401. The van der Waals surface area contributed by atoms with Crippen molar-refractivity contribution in [3.63, 3.8) is 0 Å². The SMILES string of the molecule is [K].[Y].[Y].[Y].[Y].[Y].[Y].[Y].[Y].[Y]. The zero-order chi connectivity index (χ0) is 0. The minimum Gasteiger partial charge on any atom is 0 e. The fourth-order valence-electron chi connectivity index (χ4n) is 0. The largest absolute Gasteiger partial charge is 0 e. The van der Waals surface area contributed by atoms with Gasteiger partial charge in [0.05, 0.1) is 0 Å². The standard InChI is InChI=1S/K.9Y. The van der Waals surface area contributed by atoms with Crippen molar-refractivity contribution in [2.24, 2.45) is 0 Å². The maximum absolute atomic E-state index is 0. The van der Waals surface area contributed by atoms with E-state index in [-0.39, 0.29) is 346 Å². The Balaban J connectivity index is 0. The van der Waals surface area contributed by atoms with Crippen LogP contribution in [0.15, 0.2) is 0 Å². The first kappa shape index (κ1) is 68.2. The van der Waals surface area contributed by atoms with Crippen LogP contribution in [-0.2, 0) is 294 Å². The third-order valence-corrected chi connectivity index (χ3v) is 0. The van der Waals surface area contributed by atoms with Gasteiger partial charge in [0, 0.05) is 346 Å². The molecule has 0 spiro atoms. The Morgan fingerprint density at radius 2 is 0.200 bits per heavy atom. The van der Waals surface area contributed by atoms with E-state index in [4.69, 9.17) is 0 Å². The van der Waals surface area contributed by atoms with Gasteiger partial charge in [0.15, 0.2) is 0 Å². The van der Waals surface area contributed by atoms with Crippen LogP contribution in [-0.4, -0.2) is 51.4 Å². The molecule has 0 bridgehead atoms. The quantitative estimate of drug-likeness (QED) is 0.292. The Labute approximate surface area is 333 Å². The summed E-state index contributed by atoms with van der Waals surface area (Å²) in [6, 6.07) is 0. The summed E-state index contributed by atoms with van der Waals surface area (Å²) in [5, 5.41) is 0. The molecule has 0 aromatic carbocycles. The Hall–Kier alpha value is 11.6. The van der Waals surface area contributed by atoms with E-state index in [1.807, 2.05) is 0 Å². The summed E-state index contributed by atoms with van der Waals surface area (Å²) in [7, 11) is 0. The van der Waals surface area contributed by atoms with Crippen LogP contribution in [0.25, 0.3) is 0 Å². The average molecular weight is 839 g/mol. The minimum atomic E-state index is 0. The van der Waals surface area contributed by atoms with E-state index in [1.165, 1.54) is 0 Å². The van der Waals surface area contributed by atoms with Crippen LogP contribution in [0.5, 0.6) is 0 Å². The molecule has 0 amide bonds. The molecule has 10 heteroatoms. The maximum Gasteiger partial charge on any atom is 0 e. The van der Waals surface area contributed by atoms with Gasteiger partial charge in [-0.05, 0) is 0 Å². The van der Waals surface area contributed by atoms with E-state index in [9.17, 15) is 0 Å². The molecule has 0 nitrogen and oxygen atoms in total. The molecule has 0 N–H and O–H groups in total. The summed E-state index contributed by atoms with van der Waals surface area (Å²) in [5.41, 5.74) is 0. The van der Waals surface area contributed by atoms with E-state index in [0.29, 0.717) is 0 Å². The van der Waals surface area contributed by atoms with Gasteiger partial charge in [-0.2, -0.15) is 0 Å². The third kappa shape index (κ3) is 50.4. The third-order valence-electron chi connectivity index (χ3n) is 0. The van der Waals surface area contributed by atoms with Crippen LogP contribution in [0.3, 0.4) is 0 Å². The Bertz CT molecular complexity index is 4.69. The minimum absolute atomic E-state index is 0. The molecule has 0 saturated carbocycles. The van der Waals surface area contributed by atoms with Crippen molar-refractivity contribution < 1.29 is 294 Å². The fourth-order valence-corrected chi connectivity index (χ4v) is 0. The van der Waals surface area contributed by atoms with Gasteiger partial charge in [0.1, 0.15) is 0 Å². The first-order valence-corrected chi connectivity index (χ1v) is 0. The topological polar surface area (TPSA) is 0 Å². The molecule has 28 valence electrons. The molecular formula is KY9. The van der Waals surface area contributed by atoms with Crippen LogP contribution in [0.1, 0.15) is 0 Å². The van der Waals surface area contributed by atoms with Crippen molar-refractivity contribution in [2.75, 3.05) is 0 Å². The van der Waals surface area contributed by atoms with Gasteiger partial charge in [-0.3, -0.25) is 0 Å². The summed E-state index contributed by atoms with van der Waals surface area (Å²) < 4.78 is 0. The molecule has 10 heavy (non-hydrogen) atoms. The molecule has 0 unspecified atom stereocenters. The molecule has 0 rings (SSSR count). The van der Waals surface area contributed by atoms with Crippen LogP contribution in [0.2, 0.25) is 0 Å². The molecule has 0 atom stereocenters. The molecule has 0 fully saturated rings. The Morgan fingerprint density at radius 1 is 0.200 bits per heavy atom. The van der Waals surface area contributed by atoms with E-state index >= 15 is 0 Å². The molecule has 0 aromatic heterocycles. The number of hydrogen-bond acceptors (Lipinski definition) is 0. The number of rotatable bonds is 0. The molecule has 0 aliphatic carbocycles. The summed E-state index contributed by atoms with van der Waals surface area (Å²) >= 11 is 0. The monoisotopic (exact) mass is 839 g/mol. The van der Waals surface area contributed by atoms with Crippen molar-refractivity contribution in [2.45, 2.75) is 0 Å². The summed E-state index contributed by atoms with van der Waals surface area (Å²) in [6.45, 7) is 0. The summed E-state index contributed by atoms with van der Waals surface area (Å²) in [5.74, 6) is 0. The van der Waals surface area contributed by atoms with E-state index in [2.05, 4.69) is 0 Å². The van der Waals surface area contributed by atoms with Gasteiger partial charge in [0.25, 0.3) is 0 Å². The second-order valence-electron chi connectivity index (χ2n) is 0. The normalized spacial score (nSPS) is 0. The van der Waals surface area contributed by atoms with Gasteiger partial charge in [-0.1, -0.05) is 0 Å². The van der Waals surface area contributed by atoms with E-state index < -0.39 is 0 Å². The molecule has 0 saturated heterocycles. The van der Waals surface area contributed by atoms with E-state index in [1.54, 1.807) is 0 Å². The van der Waals surface area contributed by atoms with Gasteiger partial charge < -0.3 is 0 Å². The van der Waals surface area contributed by atoms with Crippen LogP contribution >= 0.6 is 0 Å². The second kappa shape index (κ2) is 58.8. The van der Waals surface area contributed by atoms with Gasteiger partial charge >= 0.3 is 0 Å². The van der Waals surface area contributed by atoms with Crippen molar-refractivity contribution in [1.82, 2.24) is 0 Å². The predicted molar refractivity (Wildman–Crippen MR) is 5.75 cm³/mol. The zero-order valence-electron chi connectivity index (χ0n) is 6.20. The molecular weight excluding hydrogens is 839 g/mol. The number of hydrogen-bond donors (Lipinski definition) is 0. The van der Waals surface area contributed by atoms with Crippen LogP contribution in [0, 0.1) is 0 Å². The molecule has 10 radical (unpaired) electrons. The molecule has 0 aliphatic rings. The summed E-state index contributed by atoms with van der Waals surface area (Å²) in [4.78, 5) is 0. The van der Waals surface area contributed by atoms with Gasteiger partial charge in [-0.25, -0.2) is 0 Å². The van der Waals surface area contributed by atoms with Gasteiger partial charge in [-0.15, -0.1) is 0 Å². The van der Waals surface area contributed by atoms with Gasteiger partial charge in [0.2, 0.25) is 0 Å². The zero-order valence-corrected chi connectivity index (χ0v) is 34.9. The molecule has 0 aliphatic heterocycles. The summed E-state index contributed by atoms with van der Waals surface area (Å²) in [6.07, 6.45) is 0. The first-order chi connectivity index (χ1) is 0. The van der Waals surface area contributed by atoms with Crippen LogP contribution in [0.4, 0.5) is 0 Å². The van der Waals surface area contributed by atoms with Crippen molar-refractivity contribution >= 4 is 51.4 Å². The molecule has 0 heterocycles. The second-order valence-corrected chi connectivity index (χ2v) is 0. The van der Waals surface area contributed by atoms with Crippen molar-refractivity contribution in [3.05, 3.63) is 0 Å². The Morgan fingerprint density at radius 3 is 0.200 bits per heavy atom. The van der Waals surface area contributed by atoms with E-state index in [0.717, 1.165) is 0 Å². The maximum atomic E-state index is 0. The molecule has 0 aromatic rings.